The standard InChI is InChI=1S/C15H21N3O3/c1-11(16)15(20)17-12-5-4-6-13(9-12)21-10-14(19)18-7-2-3-8-18/h4-6,9,11H,2-3,7-8,10,16H2,1H3,(H,17,20)/t11-/m0/s1. The van der Waals surface area contributed by atoms with E-state index in [1.807, 2.05) is 4.90 Å². The van der Waals surface area contributed by atoms with Gasteiger partial charge in [-0.3, -0.25) is 9.59 Å². The van der Waals surface area contributed by atoms with Gasteiger partial charge in [-0.05, 0) is 31.9 Å². The quantitative estimate of drug-likeness (QED) is 0.846. The Morgan fingerprint density at radius 2 is 2.10 bits per heavy atom. The molecule has 6 heteroatoms. The van der Waals surface area contributed by atoms with E-state index in [2.05, 4.69) is 5.32 Å². The highest BCUT2D eigenvalue weighted by molar-refractivity contribution is 5.94. The molecule has 0 unspecified atom stereocenters. The Morgan fingerprint density at radius 3 is 2.76 bits per heavy atom. The van der Waals surface area contributed by atoms with Crippen LogP contribution in [0.5, 0.6) is 5.75 Å². The van der Waals surface area contributed by atoms with Crippen LogP contribution in [0.2, 0.25) is 0 Å². The number of anilines is 1. The Balaban J connectivity index is 1.88. The van der Waals surface area contributed by atoms with Gasteiger partial charge >= 0.3 is 0 Å². The second-order valence-corrected chi connectivity index (χ2v) is 5.18. The Morgan fingerprint density at radius 1 is 1.38 bits per heavy atom. The van der Waals surface area contributed by atoms with Crippen molar-refractivity contribution in [2.45, 2.75) is 25.8 Å². The van der Waals surface area contributed by atoms with Crippen LogP contribution in [-0.4, -0.2) is 42.5 Å². The summed E-state index contributed by atoms with van der Waals surface area (Å²) in [6.07, 6.45) is 2.12. The molecule has 1 fully saturated rings. The zero-order valence-electron chi connectivity index (χ0n) is 12.2. The second kappa shape index (κ2) is 7.08. The molecule has 1 aliphatic rings. The zero-order valence-corrected chi connectivity index (χ0v) is 12.2. The van der Waals surface area contributed by atoms with Crippen LogP contribution in [0.25, 0.3) is 0 Å². The third kappa shape index (κ3) is 4.46. The van der Waals surface area contributed by atoms with Gasteiger partial charge in [0.15, 0.2) is 6.61 Å². The van der Waals surface area contributed by atoms with E-state index in [0.717, 1.165) is 25.9 Å². The molecule has 1 aromatic carbocycles. The van der Waals surface area contributed by atoms with Gasteiger partial charge in [0.05, 0.1) is 6.04 Å². The molecule has 6 nitrogen and oxygen atoms in total. The number of hydrogen-bond acceptors (Lipinski definition) is 4. The number of carbonyl (C=O) groups excluding carboxylic acids is 2. The molecule has 1 heterocycles. The minimum atomic E-state index is -0.577. The number of nitrogens with one attached hydrogen (secondary N) is 1. The first-order chi connectivity index (χ1) is 10.1. The van der Waals surface area contributed by atoms with Crippen LogP contribution in [0.3, 0.4) is 0 Å². The van der Waals surface area contributed by atoms with Gasteiger partial charge in [0.25, 0.3) is 5.91 Å². The van der Waals surface area contributed by atoms with Gasteiger partial charge in [0.1, 0.15) is 5.75 Å². The number of rotatable bonds is 5. The van der Waals surface area contributed by atoms with Crippen molar-refractivity contribution in [2.75, 3.05) is 25.0 Å². The van der Waals surface area contributed by atoms with Crippen LogP contribution < -0.4 is 15.8 Å². The van der Waals surface area contributed by atoms with Crippen LogP contribution in [0, 0.1) is 0 Å². The van der Waals surface area contributed by atoms with Crippen molar-refractivity contribution in [2.24, 2.45) is 5.73 Å². The van der Waals surface area contributed by atoms with Gasteiger partial charge in [-0.2, -0.15) is 0 Å². The SMILES string of the molecule is C[C@H](N)C(=O)Nc1cccc(OCC(=O)N2CCCC2)c1. The fourth-order valence-corrected chi connectivity index (χ4v) is 2.12. The molecule has 1 saturated heterocycles. The molecule has 114 valence electrons. The predicted octanol–water partition coefficient (Wildman–Crippen LogP) is 0.973. The maximum Gasteiger partial charge on any atom is 0.260 e. The Kier molecular flexibility index (Phi) is 5.16. The van der Waals surface area contributed by atoms with Crippen molar-refractivity contribution >= 4 is 17.5 Å². The third-order valence-corrected chi connectivity index (χ3v) is 3.34. The van der Waals surface area contributed by atoms with Crippen LogP contribution >= 0.6 is 0 Å². The van der Waals surface area contributed by atoms with Crippen molar-refractivity contribution in [3.05, 3.63) is 24.3 Å². The van der Waals surface area contributed by atoms with Gasteiger partial charge in [-0.15, -0.1) is 0 Å². The van der Waals surface area contributed by atoms with E-state index in [-0.39, 0.29) is 18.4 Å². The number of carbonyl (C=O) groups is 2. The Hall–Kier alpha value is -2.08. The summed E-state index contributed by atoms with van der Waals surface area (Å²) in [4.78, 5) is 25.2. The normalized spacial score (nSPS) is 15.6. The fourth-order valence-electron chi connectivity index (χ4n) is 2.12. The summed E-state index contributed by atoms with van der Waals surface area (Å²) in [6, 6.07) is 6.35. The number of benzene rings is 1. The van der Waals surface area contributed by atoms with Crippen molar-refractivity contribution in [3.63, 3.8) is 0 Å². The van der Waals surface area contributed by atoms with Crippen LogP contribution in [-0.2, 0) is 9.59 Å². The Bertz CT molecular complexity index is 511. The number of hydrogen-bond donors (Lipinski definition) is 2. The van der Waals surface area contributed by atoms with Crippen molar-refractivity contribution in [3.8, 4) is 5.75 Å². The van der Waals surface area contributed by atoms with E-state index < -0.39 is 6.04 Å². The summed E-state index contributed by atoms with van der Waals surface area (Å²) < 4.78 is 5.49. The third-order valence-electron chi connectivity index (χ3n) is 3.34. The second-order valence-electron chi connectivity index (χ2n) is 5.18. The van der Waals surface area contributed by atoms with Gasteiger partial charge < -0.3 is 20.7 Å². The number of likely N-dealkylation sites (tertiary alicyclic amines) is 1. The lowest BCUT2D eigenvalue weighted by Gasteiger charge is -2.16. The molecule has 0 saturated carbocycles. The average Bonchev–Trinajstić information content (AvgIpc) is 2.99. The van der Waals surface area contributed by atoms with Crippen molar-refractivity contribution in [1.29, 1.82) is 0 Å². The topological polar surface area (TPSA) is 84.7 Å². The molecule has 1 aliphatic heterocycles. The highest BCUT2D eigenvalue weighted by Gasteiger charge is 2.18. The van der Waals surface area contributed by atoms with E-state index in [0.29, 0.717) is 11.4 Å². The monoisotopic (exact) mass is 291 g/mol. The number of nitrogens with two attached hydrogens (primary N) is 1. The molecule has 0 aliphatic carbocycles. The van der Waals surface area contributed by atoms with E-state index >= 15 is 0 Å². The highest BCUT2D eigenvalue weighted by atomic mass is 16.5. The summed E-state index contributed by atoms with van der Waals surface area (Å²) in [5, 5.41) is 2.69. The Labute approximate surface area is 124 Å². The average molecular weight is 291 g/mol. The lowest BCUT2D eigenvalue weighted by molar-refractivity contribution is -0.132. The molecule has 2 amide bonds. The predicted molar refractivity (Wildman–Crippen MR) is 80.0 cm³/mol. The van der Waals surface area contributed by atoms with Crippen molar-refractivity contribution in [1.82, 2.24) is 4.90 Å². The van der Waals surface area contributed by atoms with Gasteiger partial charge in [-0.1, -0.05) is 6.07 Å². The maximum atomic E-state index is 11.9. The molecule has 1 aromatic rings. The van der Waals surface area contributed by atoms with E-state index in [1.165, 1.54) is 0 Å². The number of amides is 2. The molecule has 0 bridgehead atoms. The molecule has 0 aromatic heterocycles. The number of nitrogens with zero attached hydrogens (tertiary/aromatic N) is 1. The molecule has 2 rings (SSSR count). The van der Waals surface area contributed by atoms with Gasteiger partial charge in [-0.25, -0.2) is 0 Å². The summed E-state index contributed by atoms with van der Waals surface area (Å²) >= 11 is 0. The lowest BCUT2D eigenvalue weighted by atomic mass is 10.2. The van der Waals surface area contributed by atoms with Gasteiger partial charge in [0, 0.05) is 24.8 Å². The van der Waals surface area contributed by atoms with E-state index in [4.69, 9.17) is 10.5 Å². The highest BCUT2D eigenvalue weighted by Crippen LogP contribution is 2.18. The summed E-state index contributed by atoms with van der Waals surface area (Å²) in [6.45, 7) is 3.26. The molecule has 0 spiro atoms. The van der Waals surface area contributed by atoms with Crippen LogP contribution in [0.1, 0.15) is 19.8 Å². The fraction of sp³-hybridized carbons (Fsp3) is 0.467. The first-order valence-corrected chi connectivity index (χ1v) is 7.13. The molecule has 0 radical (unpaired) electrons. The molecular formula is C15H21N3O3. The van der Waals surface area contributed by atoms with Crippen molar-refractivity contribution < 1.29 is 14.3 Å². The summed E-state index contributed by atoms with van der Waals surface area (Å²) in [5.41, 5.74) is 6.10. The lowest BCUT2D eigenvalue weighted by Crippen LogP contribution is -2.32. The molecule has 3 N–H and O–H groups in total. The molecular weight excluding hydrogens is 270 g/mol. The van der Waals surface area contributed by atoms with Gasteiger partial charge in [0.2, 0.25) is 5.91 Å². The first-order valence-electron chi connectivity index (χ1n) is 7.13. The van der Waals surface area contributed by atoms with Crippen LogP contribution in [0.15, 0.2) is 24.3 Å². The van der Waals surface area contributed by atoms with E-state index in [9.17, 15) is 9.59 Å². The minimum Gasteiger partial charge on any atom is -0.484 e. The minimum absolute atomic E-state index is 0.00230. The van der Waals surface area contributed by atoms with Crippen LogP contribution in [0.4, 0.5) is 5.69 Å². The summed E-state index contributed by atoms with van der Waals surface area (Å²) in [7, 11) is 0. The number of ether oxygens (including phenoxy) is 1. The molecule has 1 atom stereocenters. The zero-order chi connectivity index (χ0) is 15.2. The largest absolute Gasteiger partial charge is 0.484 e. The molecule has 21 heavy (non-hydrogen) atoms. The first kappa shape index (κ1) is 15.3. The smallest absolute Gasteiger partial charge is 0.260 e. The maximum absolute atomic E-state index is 11.9. The van der Waals surface area contributed by atoms with E-state index in [1.54, 1.807) is 31.2 Å². The summed E-state index contributed by atoms with van der Waals surface area (Å²) in [5.74, 6) is 0.280.